The molecule has 0 aromatic carbocycles. The Kier molecular flexibility index (Phi) is 3.96. The summed E-state index contributed by atoms with van der Waals surface area (Å²) in [6.45, 7) is 0.369. The number of carbonyl (C=O) groups is 1. The maximum atomic E-state index is 10.6. The average Bonchev–Trinajstić information content (AvgIpc) is 2.82. The molecule has 19 heavy (non-hydrogen) atoms. The van der Waals surface area contributed by atoms with Crippen molar-refractivity contribution in [2.24, 2.45) is 5.73 Å². The second kappa shape index (κ2) is 5.66. The Morgan fingerprint density at radius 1 is 1.63 bits per heavy atom. The summed E-state index contributed by atoms with van der Waals surface area (Å²) in [4.78, 5) is 22.2. The van der Waals surface area contributed by atoms with E-state index in [-0.39, 0.29) is 12.3 Å². The number of hydrogen-bond donors (Lipinski definition) is 3. The van der Waals surface area contributed by atoms with Crippen LogP contribution >= 0.6 is 0 Å². The molecule has 1 unspecified atom stereocenters. The van der Waals surface area contributed by atoms with Crippen LogP contribution < -0.4 is 10.5 Å². The first-order valence-corrected chi connectivity index (χ1v) is 5.95. The highest BCUT2D eigenvalue weighted by Gasteiger charge is 2.17. The number of carboxylic acid groups (broad SMARTS) is 1. The van der Waals surface area contributed by atoms with Crippen LogP contribution in [0.15, 0.2) is 12.4 Å². The predicted octanol–water partition coefficient (Wildman–Crippen LogP) is 0.874. The Morgan fingerprint density at radius 2 is 2.42 bits per heavy atom. The minimum absolute atomic E-state index is 0.0486. The van der Waals surface area contributed by atoms with Crippen LogP contribution in [-0.4, -0.2) is 39.7 Å². The van der Waals surface area contributed by atoms with Crippen molar-refractivity contribution < 1.29 is 14.6 Å². The lowest BCUT2D eigenvalue weighted by atomic mass is 9.96. The molecule has 0 bridgehead atoms. The first-order valence-electron chi connectivity index (χ1n) is 5.95. The summed E-state index contributed by atoms with van der Waals surface area (Å²) in [6.07, 6.45) is 3.87. The SMILES string of the molecule is COc1cnc2c(C(CN)CCC(=O)O)c[nH]c2n1. The minimum Gasteiger partial charge on any atom is -0.481 e. The van der Waals surface area contributed by atoms with E-state index in [1.165, 1.54) is 13.3 Å². The number of rotatable bonds is 6. The summed E-state index contributed by atoms with van der Waals surface area (Å²) in [5.41, 5.74) is 7.94. The molecule has 102 valence electrons. The van der Waals surface area contributed by atoms with Gasteiger partial charge in [-0.1, -0.05) is 0 Å². The molecule has 2 heterocycles. The quantitative estimate of drug-likeness (QED) is 0.713. The third kappa shape index (κ3) is 2.82. The first-order chi connectivity index (χ1) is 9.15. The zero-order valence-electron chi connectivity index (χ0n) is 10.6. The summed E-state index contributed by atoms with van der Waals surface area (Å²) in [7, 11) is 1.52. The van der Waals surface area contributed by atoms with Gasteiger partial charge in [0, 0.05) is 24.1 Å². The van der Waals surface area contributed by atoms with Gasteiger partial charge in [-0.2, -0.15) is 4.98 Å². The van der Waals surface area contributed by atoms with Crippen LogP contribution in [0.25, 0.3) is 11.2 Å². The molecule has 0 aliphatic rings. The molecule has 0 radical (unpaired) electrons. The molecule has 0 saturated carbocycles. The van der Waals surface area contributed by atoms with E-state index in [0.717, 1.165) is 5.56 Å². The van der Waals surface area contributed by atoms with E-state index in [9.17, 15) is 4.79 Å². The standard InChI is InChI=1S/C12H16N4O3/c1-19-9-6-14-11-8(5-15-12(11)16-9)7(4-13)2-3-10(17)18/h5-7H,2-4,13H2,1H3,(H,15,16)(H,17,18). The summed E-state index contributed by atoms with van der Waals surface area (Å²) in [5.74, 6) is -0.450. The smallest absolute Gasteiger partial charge is 0.303 e. The van der Waals surface area contributed by atoms with Gasteiger partial charge in [-0.3, -0.25) is 4.79 Å². The third-order valence-corrected chi connectivity index (χ3v) is 3.03. The van der Waals surface area contributed by atoms with Crippen molar-refractivity contribution in [1.29, 1.82) is 0 Å². The van der Waals surface area contributed by atoms with E-state index in [0.29, 0.717) is 30.0 Å². The molecule has 0 fully saturated rings. The lowest BCUT2D eigenvalue weighted by Crippen LogP contribution is -2.14. The maximum absolute atomic E-state index is 10.6. The third-order valence-electron chi connectivity index (χ3n) is 3.03. The largest absolute Gasteiger partial charge is 0.481 e. The Balaban J connectivity index is 2.30. The molecule has 2 aromatic rings. The molecular weight excluding hydrogens is 248 g/mol. The Morgan fingerprint density at radius 3 is 3.05 bits per heavy atom. The zero-order chi connectivity index (χ0) is 13.8. The maximum Gasteiger partial charge on any atom is 0.303 e. The van der Waals surface area contributed by atoms with E-state index in [2.05, 4.69) is 15.0 Å². The molecule has 0 amide bonds. The van der Waals surface area contributed by atoms with Crippen LogP contribution in [0.5, 0.6) is 5.88 Å². The fourth-order valence-corrected chi connectivity index (χ4v) is 2.01. The number of fused-ring (bicyclic) bond motifs is 1. The number of aromatic nitrogens is 3. The van der Waals surface area contributed by atoms with Crippen molar-refractivity contribution >= 4 is 17.1 Å². The van der Waals surface area contributed by atoms with Crippen molar-refractivity contribution in [1.82, 2.24) is 15.0 Å². The molecule has 4 N–H and O–H groups in total. The van der Waals surface area contributed by atoms with E-state index in [1.807, 2.05) is 0 Å². The van der Waals surface area contributed by atoms with Crippen molar-refractivity contribution in [3.8, 4) is 5.88 Å². The van der Waals surface area contributed by atoms with Gasteiger partial charge in [0.25, 0.3) is 0 Å². The number of aromatic amines is 1. The van der Waals surface area contributed by atoms with Crippen LogP contribution in [-0.2, 0) is 4.79 Å². The van der Waals surface area contributed by atoms with Gasteiger partial charge in [-0.15, -0.1) is 0 Å². The predicted molar refractivity (Wildman–Crippen MR) is 69.1 cm³/mol. The van der Waals surface area contributed by atoms with Crippen molar-refractivity contribution in [3.05, 3.63) is 18.0 Å². The Hall–Kier alpha value is -2.15. The van der Waals surface area contributed by atoms with E-state index >= 15 is 0 Å². The number of aliphatic carboxylic acids is 1. The number of ether oxygens (including phenoxy) is 1. The van der Waals surface area contributed by atoms with Crippen molar-refractivity contribution in [3.63, 3.8) is 0 Å². The molecule has 0 aliphatic carbocycles. The highest BCUT2D eigenvalue weighted by molar-refractivity contribution is 5.76. The van der Waals surface area contributed by atoms with Gasteiger partial charge in [0.1, 0.15) is 5.52 Å². The highest BCUT2D eigenvalue weighted by atomic mass is 16.5. The van der Waals surface area contributed by atoms with Crippen LogP contribution in [0.3, 0.4) is 0 Å². The van der Waals surface area contributed by atoms with Crippen molar-refractivity contribution in [2.75, 3.05) is 13.7 Å². The normalized spacial score (nSPS) is 12.5. The van der Waals surface area contributed by atoms with Crippen molar-refractivity contribution in [2.45, 2.75) is 18.8 Å². The molecule has 0 saturated heterocycles. The van der Waals surface area contributed by atoms with Gasteiger partial charge < -0.3 is 20.6 Å². The topological polar surface area (TPSA) is 114 Å². The molecular formula is C12H16N4O3. The second-order valence-corrected chi connectivity index (χ2v) is 4.22. The van der Waals surface area contributed by atoms with E-state index < -0.39 is 5.97 Å². The van der Waals surface area contributed by atoms with Gasteiger partial charge in [-0.05, 0) is 13.0 Å². The highest BCUT2D eigenvalue weighted by Crippen LogP contribution is 2.26. The summed E-state index contributed by atoms with van der Waals surface area (Å²) in [5, 5.41) is 8.74. The number of methoxy groups -OCH3 is 1. The van der Waals surface area contributed by atoms with Crippen LogP contribution in [0.1, 0.15) is 24.3 Å². The molecule has 7 heteroatoms. The second-order valence-electron chi connectivity index (χ2n) is 4.22. The summed E-state index contributed by atoms with van der Waals surface area (Å²) >= 11 is 0. The lowest BCUT2D eigenvalue weighted by molar-refractivity contribution is -0.137. The van der Waals surface area contributed by atoms with Crippen LogP contribution in [0.4, 0.5) is 0 Å². The number of H-pyrrole nitrogens is 1. The molecule has 7 nitrogen and oxygen atoms in total. The number of hydrogen-bond acceptors (Lipinski definition) is 5. The minimum atomic E-state index is -0.828. The fourth-order valence-electron chi connectivity index (χ4n) is 2.01. The first kappa shape index (κ1) is 13.3. The Bertz CT molecular complexity index is 581. The summed E-state index contributed by atoms with van der Waals surface area (Å²) < 4.78 is 5.00. The molecule has 0 aliphatic heterocycles. The molecule has 2 aromatic heterocycles. The molecule has 2 rings (SSSR count). The zero-order valence-corrected chi connectivity index (χ0v) is 10.6. The number of nitrogens with one attached hydrogen (secondary N) is 1. The monoisotopic (exact) mass is 264 g/mol. The molecule has 1 atom stereocenters. The number of carboxylic acids is 1. The lowest BCUT2D eigenvalue weighted by Gasteiger charge is -2.11. The number of nitrogens with two attached hydrogens (primary N) is 1. The van der Waals surface area contributed by atoms with E-state index in [4.69, 9.17) is 15.6 Å². The van der Waals surface area contributed by atoms with Gasteiger partial charge in [-0.25, -0.2) is 4.98 Å². The van der Waals surface area contributed by atoms with Gasteiger partial charge >= 0.3 is 5.97 Å². The average molecular weight is 264 g/mol. The number of nitrogens with zero attached hydrogens (tertiary/aromatic N) is 2. The van der Waals surface area contributed by atoms with Crippen LogP contribution in [0, 0.1) is 0 Å². The van der Waals surface area contributed by atoms with Gasteiger partial charge in [0.05, 0.1) is 13.3 Å². The summed E-state index contributed by atoms with van der Waals surface area (Å²) in [6, 6.07) is 0. The van der Waals surface area contributed by atoms with Gasteiger partial charge in [0.2, 0.25) is 5.88 Å². The fraction of sp³-hybridized carbons (Fsp3) is 0.417. The van der Waals surface area contributed by atoms with Gasteiger partial charge in [0.15, 0.2) is 5.65 Å². The Labute approximate surface area is 109 Å². The molecule has 0 spiro atoms. The van der Waals surface area contributed by atoms with Crippen LogP contribution in [0.2, 0.25) is 0 Å². The van der Waals surface area contributed by atoms with E-state index in [1.54, 1.807) is 6.20 Å².